The van der Waals surface area contributed by atoms with Gasteiger partial charge in [0.2, 0.25) is 0 Å². The number of nitrogens with one attached hydrogen (secondary N) is 1. The Hall–Kier alpha value is -1.09. The minimum Gasteiger partial charge on any atom is -0.328 e. The molecule has 2 aliphatic rings. The number of aryl methyl sites for hydroxylation is 2. The number of nitrogens with zero attached hydrogens (tertiary/aromatic N) is 2. The molecule has 1 aromatic heterocycles. The summed E-state index contributed by atoms with van der Waals surface area (Å²) >= 11 is 0. The molecule has 1 N–H and O–H groups in total. The largest absolute Gasteiger partial charge is 0.328 e. The quantitative estimate of drug-likeness (QED) is 0.845. The van der Waals surface area contributed by atoms with E-state index in [0.29, 0.717) is 0 Å². The first-order chi connectivity index (χ1) is 8.40. The van der Waals surface area contributed by atoms with Gasteiger partial charge in [0.05, 0.1) is 11.4 Å². The van der Waals surface area contributed by atoms with Crippen molar-refractivity contribution in [3.8, 4) is 0 Å². The van der Waals surface area contributed by atoms with E-state index in [1.807, 2.05) is 0 Å². The van der Waals surface area contributed by atoms with Gasteiger partial charge >= 0.3 is 0 Å². The molecular weight excluding hydrogens is 210 g/mol. The maximum atomic E-state index is 4.85. The molecule has 0 fully saturated rings. The molecule has 0 bridgehead atoms. The number of imidazole rings is 1. The first-order valence-corrected chi connectivity index (χ1v) is 6.88. The summed E-state index contributed by atoms with van der Waals surface area (Å²) in [5, 5.41) is 3.39. The van der Waals surface area contributed by atoms with Gasteiger partial charge in [0.15, 0.2) is 0 Å². The zero-order chi connectivity index (χ0) is 11.7. The van der Waals surface area contributed by atoms with Gasteiger partial charge in [0.1, 0.15) is 5.82 Å². The van der Waals surface area contributed by atoms with E-state index in [0.717, 1.165) is 25.9 Å². The SMILES string of the molecule is CCc1nc2n(c1C1=CCNCC1)CCCC2. The molecule has 0 unspecified atom stereocenters. The van der Waals surface area contributed by atoms with Gasteiger partial charge < -0.3 is 9.88 Å². The van der Waals surface area contributed by atoms with Crippen LogP contribution in [-0.2, 0) is 19.4 Å². The fourth-order valence-corrected chi connectivity index (χ4v) is 2.98. The van der Waals surface area contributed by atoms with Crippen LogP contribution in [0.5, 0.6) is 0 Å². The van der Waals surface area contributed by atoms with Crippen molar-refractivity contribution in [1.82, 2.24) is 14.9 Å². The monoisotopic (exact) mass is 231 g/mol. The van der Waals surface area contributed by atoms with Gasteiger partial charge in [-0.3, -0.25) is 0 Å². The van der Waals surface area contributed by atoms with Crippen molar-refractivity contribution < 1.29 is 0 Å². The highest BCUT2D eigenvalue weighted by atomic mass is 15.1. The Labute approximate surface area is 103 Å². The van der Waals surface area contributed by atoms with Gasteiger partial charge in [0, 0.05) is 19.5 Å². The number of hydrogen-bond acceptors (Lipinski definition) is 2. The Morgan fingerprint density at radius 3 is 3.06 bits per heavy atom. The van der Waals surface area contributed by atoms with Crippen molar-refractivity contribution in [2.45, 2.75) is 45.6 Å². The standard InChI is InChI=1S/C14H21N3/c1-2-12-14(11-6-8-15-9-7-11)17-10-4-3-5-13(17)16-12/h6,15H,2-5,7-10H2,1H3. The second kappa shape index (κ2) is 4.65. The number of fused-ring (bicyclic) bond motifs is 1. The van der Waals surface area contributed by atoms with Crippen molar-refractivity contribution >= 4 is 5.57 Å². The molecule has 0 amide bonds. The Kier molecular flexibility index (Phi) is 3.02. The minimum absolute atomic E-state index is 1.01. The first kappa shape index (κ1) is 11.0. The van der Waals surface area contributed by atoms with Crippen LogP contribution >= 0.6 is 0 Å². The van der Waals surface area contributed by atoms with E-state index in [1.165, 1.54) is 48.6 Å². The molecule has 0 saturated carbocycles. The second-order valence-electron chi connectivity index (χ2n) is 4.97. The van der Waals surface area contributed by atoms with Crippen LogP contribution in [0.2, 0.25) is 0 Å². The highest BCUT2D eigenvalue weighted by molar-refractivity contribution is 5.66. The molecule has 2 aliphatic heterocycles. The highest BCUT2D eigenvalue weighted by Gasteiger charge is 2.21. The number of hydrogen-bond donors (Lipinski definition) is 1. The summed E-state index contributed by atoms with van der Waals surface area (Å²) in [6.45, 7) is 5.51. The van der Waals surface area contributed by atoms with Gasteiger partial charge in [-0.1, -0.05) is 13.0 Å². The molecule has 3 heterocycles. The zero-order valence-electron chi connectivity index (χ0n) is 10.6. The molecule has 17 heavy (non-hydrogen) atoms. The molecular formula is C14H21N3. The summed E-state index contributed by atoms with van der Waals surface area (Å²) in [6, 6.07) is 0. The topological polar surface area (TPSA) is 29.9 Å². The summed E-state index contributed by atoms with van der Waals surface area (Å²) in [4.78, 5) is 4.85. The third-order valence-corrected chi connectivity index (χ3v) is 3.85. The predicted octanol–water partition coefficient (Wildman–Crippen LogP) is 2.16. The number of aromatic nitrogens is 2. The van der Waals surface area contributed by atoms with Crippen LogP contribution < -0.4 is 5.32 Å². The molecule has 3 nitrogen and oxygen atoms in total. The normalized spacial score (nSPS) is 19.9. The van der Waals surface area contributed by atoms with Crippen LogP contribution in [0.3, 0.4) is 0 Å². The molecule has 0 radical (unpaired) electrons. The van der Waals surface area contributed by atoms with E-state index in [2.05, 4.69) is 22.9 Å². The van der Waals surface area contributed by atoms with E-state index >= 15 is 0 Å². The summed E-state index contributed by atoms with van der Waals surface area (Å²) in [6.07, 6.45) is 8.34. The predicted molar refractivity (Wildman–Crippen MR) is 70.0 cm³/mol. The van der Waals surface area contributed by atoms with E-state index in [4.69, 9.17) is 4.98 Å². The van der Waals surface area contributed by atoms with Crippen molar-refractivity contribution in [2.24, 2.45) is 0 Å². The maximum absolute atomic E-state index is 4.85. The average molecular weight is 231 g/mol. The van der Waals surface area contributed by atoms with Crippen LogP contribution in [0.4, 0.5) is 0 Å². The van der Waals surface area contributed by atoms with Crippen LogP contribution in [0.15, 0.2) is 6.08 Å². The molecule has 3 heteroatoms. The summed E-state index contributed by atoms with van der Waals surface area (Å²) in [5.41, 5.74) is 4.28. The molecule has 1 aromatic rings. The summed E-state index contributed by atoms with van der Waals surface area (Å²) in [5.74, 6) is 1.32. The Bertz CT molecular complexity index is 443. The van der Waals surface area contributed by atoms with Gasteiger partial charge in [-0.25, -0.2) is 4.98 Å². The van der Waals surface area contributed by atoms with Gasteiger partial charge in [-0.2, -0.15) is 0 Å². The van der Waals surface area contributed by atoms with Crippen molar-refractivity contribution in [3.63, 3.8) is 0 Å². The Balaban J connectivity index is 2.06. The lowest BCUT2D eigenvalue weighted by Crippen LogP contribution is -2.22. The van der Waals surface area contributed by atoms with E-state index < -0.39 is 0 Å². The van der Waals surface area contributed by atoms with Crippen molar-refractivity contribution in [3.05, 3.63) is 23.3 Å². The van der Waals surface area contributed by atoms with E-state index in [9.17, 15) is 0 Å². The third-order valence-electron chi connectivity index (χ3n) is 3.85. The molecule has 92 valence electrons. The molecule has 0 aliphatic carbocycles. The van der Waals surface area contributed by atoms with Gasteiger partial charge in [-0.05, 0) is 37.8 Å². The summed E-state index contributed by atoms with van der Waals surface area (Å²) < 4.78 is 2.49. The zero-order valence-corrected chi connectivity index (χ0v) is 10.6. The second-order valence-corrected chi connectivity index (χ2v) is 4.97. The lowest BCUT2D eigenvalue weighted by molar-refractivity contribution is 0.517. The molecule has 0 spiro atoms. The lowest BCUT2D eigenvalue weighted by atomic mass is 10.0. The van der Waals surface area contributed by atoms with Crippen LogP contribution in [0, 0.1) is 0 Å². The van der Waals surface area contributed by atoms with Crippen molar-refractivity contribution in [1.29, 1.82) is 0 Å². The number of rotatable bonds is 2. The maximum Gasteiger partial charge on any atom is 0.109 e. The molecule has 0 saturated heterocycles. The molecule has 0 aromatic carbocycles. The summed E-state index contributed by atoms with van der Waals surface area (Å²) in [7, 11) is 0. The first-order valence-electron chi connectivity index (χ1n) is 6.88. The van der Waals surface area contributed by atoms with Crippen LogP contribution in [0.25, 0.3) is 5.57 Å². The fourth-order valence-electron chi connectivity index (χ4n) is 2.98. The Morgan fingerprint density at radius 2 is 2.29 bits per heavy atom. The minimum atomic E-state index is 1.01. The van der Waals surface area contributed by atoms with E-state index in [-0.39, 0.29) is 0 Å². The smallest absolute Gasteiger partial charge is 0.109 e. The fraction of sp³-hybridized carbons (Fsp3) is 0.643. The van der Waals surface area contributed by atoms with Gasteiger partial charge in [-0.15, -0.1) is 0 Å². The van der Waals surface area contributed by atoms with Gasteiger partial charge in [0.25, 0.3) is 0 Å². The van der Waals surface area contributed by atoms with Crippen LogP contribution in [0.1, 0.15) is 43.4 Å². The lowest BCUT2D eigenvalue weighted by Gasteiger charge is -2.20. The molecule has 0 atom stereocenters. The van der Waals surface area contributed by atoms with E-state index in [1.54, 1.807) is 0 Å². The Morgan fingerprint density at radius 1 is 1.35 bits per heavy atom. The highest BCUT2D eigenvalue weighted by Crippen LogP contribution is 2.28. The average Bonchev–Trinajstić information content (AvgIpc) is 2.78. The third kappa shape index (κ3) is 1.93. The van der Waals surface area contributed by atoms with Crippen molar-refractivity contribution in [2.75, 3.05) is 13.1 Å². The molecule has 3 rings (SSSR count). The van der Waals surface area contributed by atoms with Crippen LogP contribution in [-0.4, -0.2) is 22.6 Å².